The molecule has 0 aliphatic heterocycles. The summed E-state index contributed by atoms with van der Waals surface area (Å²) in [5.41, 5.74) is 2.67. The summed E-state index contributed by atoms with van der Waals surface area (Å²) in [5.74, 6) is 1.50. The van der Waals surface area contributed by atoms with Gasteiger partial charge >= 0.3 is 0 Å². The minimum Gasteiger partial charge on any atom is -0.497 e. The second kappa shape index (κ2) is 11.3. The van der Waals surface area contributed by atoms with E-state index in [0.717, 1.165) is 11.1 Å². The second-order valence-corrected chi connectivity index (χ2v) is 10.6. The van der Waals surface area contributed by atoms with Crippen LogP contribution in [0.2, 0.25) is 0 Å². The molecule has 1 unspecified atom stereocenters. The number of hydrogen-bond acceptors (Lipinski definition) is 6. The average Bonchev–Trinajstić information content (AvgIpc) is 2.93. The number of carbonyl (C=O) groups is 1. The fraction of sp³-hybridized carbons (Fsp3) is 0.312. The van der Waals surface area contributed by atoms with Crippen molar-refractivity contribution in [3.05, 3.63) is 82.1 Å². The van der Waals surface area contributed by atoms with E-state index in [9.17, 15) is 9.59 Å². The van der Waals surface area contributed by atoms with Crippen LogP contribution in [0.25, 0.3) is 22.0 Å². The fourth-order valence-electron chi connectivity index (χ4n) is 4.85. The predicted molar refractivity (Wildman–Crippen MR) is 157 cm³/mol. The Balaban J connectivity index is 2.16. The van der Waals surface area contributed by atoms with Crippen LogP contribution < -0.4 is 29.8 Å². The zero-order chi connectivity index (χ0) is 29.2. The van der Waals surface area contributed by atoms with Gasteiger partial charge in [-0.05, 0) is 51.0 Å². The molecule has 0 aliphatic rings. The molecule has 0 saturated heterocycles. The number of benzene rings is 3. The summed E-state index contributed by atoms with van der Waals surface area (Å²) in [4.78, 5) is 28.0. The van der Waals surface area contributed by atoms with Gasteiger partial charge in [-0.2, -0.15) is 0 Å². The molecule has 0 spiro atoms. The van der Waals surface area contributed by atoms with Gasteiger partial charge in [0.15, 0.2) is 11.5 Å². The van der Waals surface area contributed by atoms with E-state index in [2.05, 4.69) is 5.32 Å². The van der Waals surface area contributed by atoms with E-state index >= 15 is 0 Å². The van der Waals surface area contributed by atoms with Gasteiger partial charge in [-0.25, -0.2) is 0 Å². The third-order valence-electron chi connectivity index (χ3n) is 6.64. The maximum Gasteiger partial charge on any atom is 0.252 e. The molecule has 0 saturated carbocycles. The Morgan fingerprint density at radius 2 is 1.45 bits per heavy atom. The molecule has 1 atom stereocenters. The van der Waals surface area contributed by atoms with Gasteiger partial charge in [-0.15, -0.1) is 0 Å². The first kappa shape index (κ1) is 28.5. The van der Waals surface area contributed by atoms with Crippen molar-refractivity contribution in [2.24, 2.45) is 0 Å². The molecule has 1 heterocycles. The minimum absolute atomic E-state index is 0.314. The summed E-state index contributed by atoms with van der Waals surface area (Å²) >= 11 is 0. The number of aryl methyl sites for hydroxylation is 1. The van der Waals surface area contributed by atoms with Crippen molar-refractivity contribution >= 4 is 16.8 Å². The molecule has 1 amide bonds. The summed E-state index contributed by atoms with van der Waals surface area (Å²) in [7, 11) is 6.18. The summed E-state index contributed by atoms with van der Waals surface area (Å²) in [5, 5.41) is 3.66. The third kappa shape index (κ3) is 5.47. The van der Waals surface area contributed by atoms with Crippen molar-refractivity contribution in [3.8, 4) is 34.1 Å². The van der Waals surface area contributed by atoms with Gasteiger partial charge < -0.3 is 24.3 Å². The first-order valence-corrected chi connectivity index (χ1v) is 12.9. The number of nitrogens with one attached hydrogen (secondary N) is 1. The number of carbonyl (C=O) groups excluding carboxylic acids is 1. The summed E-state index contributed by atoms with van der Waals surface area (Å²) in [6.07, 6.45) is 0. The number of nitrogens with zero attached hydrogens (tertiary/aromatic N) is 1. The van der Waals surface area contributed by atoms with Crippen LogP contribution in [0, 0.1) is 6.92 Å². The maximum absolute atomic E-state index is 14.1. The van der Waals surface area contributed by atoms with Crippen molar-refractivity contribution in [3.63, 3.8) is 0 Å². The largest absolute Gasteiger partial charge is 0.497 e. The Hall–Kier alpha value is -4.46. The molecule has 0 radical (unpaired) electrons. The average molecular weight is 545 g/mol. The molecule has 3 aromatic carbocycles. The molecule has 1 N–H and O–H groups in total. The Labute approximate surface area is 234 Å². The predicted octanol–water partition coefficient (Wildman–Crippen LogP) is 5.52. The lowest BCUT2D eigenvalue weighted by atomic mass is 9.97. The number of hydrogen-bond donors (Lipinski definition) is 1. The molecule has 0 aliphatic carbocycles. The van der Waals surface area contributed by atoms with Crippen molar-refractivity contribution < 1.29 is 23.7 Å². The summed E-state index contributed by atoms with van der Waals surface area (Å²) in [6.45, 7) is 7.69. The van der Waals surface area contributed by atoms with Crippen LogP contribution in [0.4, 0.5) is 0 Å². The van der Waals surface area contributed by atoms with Crippen molar-refractivity contribution in [1.82, 2.24) is 9.88 Å². The quantitative estimate of drug-likeness (QED) is 0.315. The Kier molecular flexibility index (Phi) is 8.09. The van der Waals surface area contributed by atoms with Crippen LogP contribution in [0.3, 0.4) is 0 Å². The van der Waals surface area contributed by atoms with Gasteiger partial charge in [0, 0.05) is 23.2 Å². The van der Waals surface area contributed by atoms with E-state index in [4.69, 9.17) is 18.9 Å². The van der Waals surface area contributed by atoms with Crippen LogP contribution in [-0.2, 0) is 4.79 Å². The lowest BCUT2D eigenvalue weighted by Gasteiger charge is -2.28. The topological polar surface area (TPSA) is 88.0 Å². The molecule has 8 nitrogen and oxygen atoms in total. The second-order valence-electron chi connectivity index (χ2n) is 10.6. The molecule has 40 heavy (non-hydrogen) atoms. The van der Waals surface area contributed by atoms with Gasteiger partial charge in [0.2, 0.25) is 11.7 Å². The van der Waals surface area contributed by atoms with E-state index < -0.39 is 11.6 Å². The Bertz CT molecular complexity index is 1580. The van der Waals surface area contributed by atoms with Crippen molar-refractivity contribution in [2.75, 3.05) is 28.4 Å². The van der Waals surface area contributed by atoms with Crippen LogP contribution >= 0.6 is 0 Å². The fourth-order valence-corrected chi connectivity index (χ4v) is 4.85. The summed E-state index contributed by atoms with van der Waals surface area (Å²) < 4.78 is 24.1. The highest BCUT2D eigenvalue weighted by atomic mass is 16.5. The molecule has 4 aromatic rings. The van der Waals surface area contributed by atoms with E-state index in [1.807, 2.05) is 76.2 Å². The van der Waals surface area contributed by atoms with E-state index in [0.29, 0.717) is 45.0 Å². The molecule has 8 heteroatoms. The molecule has 0 bridgehead atoms. The standard InChI is InChI=1S/C32H36N2O6/c1-19-9-11-21(12-10-19)28(31(36)33-32(2,3)4)34-24-18-25(38-6)29(39-7)30(40-8)27(24)23(17-26(34)35)20-13-15-22(37-5)16-14-20/h9-18,28H,1-8H3,(H,33,36). The van der Waals surface area contributed by atoms with Crippen molar-refractivity contribution in [1.29, 1.82) is 0 Å². The number of aromatic nitrogens is 1. The lowest BCUT2D eigenvalue weighted by molar-refractivity contribution is -0.124. The lowest BCUT2D eigenvalue weighted by Crippen LogP contribution is -2.46. The van der Waals surface area contributed by atoms with Gasteiger partial charge in [0.1, 0.15) is 11.8 Å². The molecule has 0 fully saturated rings. The van der Waals surface area contributed by atoms with Crippen LogP contribution in [0.15, 0.2) is 65.5 Å². The number of ether oxygens (including phenoxy) is 4. The molecule has 210 valence electrons. The Morgan fingerprint density at radius 1 is 0.825 bits per heavy atom. The first-order valence-electron chi connectivity index (χ1n) is 12.9. The minimum atomic E-state index is -0.970. The number of pyridine rings is 1. The van der Waals surface area contributed by atoms with Gasteiger partial charge in [0.05, 0.1) is 39.3 Å². The van der Waals surface area contributed by atoms with Crippen LogP contribution in [-0.4, -0.2) is 44.5 Å². The summed E-state index contributed by atoms with van der Waals surface area (Å²) in [6, 6.07) is 17.3. The molecule has 4 rings (SSSR count). The smallest absolute Gasteiger partial charge is 0.252 e. The Morgan fingerprint density at radius 3 is 1.98 bits per heavy atom. The highest BCUT2D eigenvalue weighted by Gasteiger charge is 2.31. The van der Waals surface area contributed by atoms with E-state index in [-0.39, 0.29) is 11.5 Å². The van der Waals surface area contributed by atoms with Gasteiger partial charge in [0.25, 0.3) is 5.56 Å². The van der Waals surface area contributed by atoms with Crippen LogP contribution in [0.1, 0.15) is 37.9 Å². The normalized spacial score (nSPS) is 12.1. The zero-order valence-electron chi connectivity index (χ0n) is 24.2. The molecule has 1 aromatic heterocycles. The zero-order valence-corrected chi connectivity index (χ0v) is 24.2. The van der Waals surface area contributed by atoms with Gasteiger partial charge in [-0.3, -0.25) is 14.2 Å². The third-order valence-corrected chi connectivity index (χ3v) is 6.64. The van der Waals surface area contributed by atoms with E-state index in [1.165, 1.54) is 32.0 Å². The number of amides is 1. The highest BCUT2D eigenvalue weighted by molar-refractivity contribution is 6.03. The number of rotatable bonds is 8. The monoisotopic (exact) mass is 544 g/mol. The maximum atomic E-state index is 14.1. The van der Waals surface area contributed by atoms with Crippen LogP contribution in [0.5, 0.6) is 23.0 Å². The van der Waals surface area contributed by atoms with Gasteiger partial charge in [-0.1, -0.05) is 42.0 Å². The van der Waals surface area contributed by atoms with Crippen molar-refractivity contribution in [2.45, 2.75) is 39.3 Å². The number of fused-ring (bicyclic) bond motifs is 1. The molecular weight excluding hydrogens is 508 g/mol. The first-order chi connectivity index (χ1) is 19.0. The molecular formula is C32H36N2O6. The SMILES string of the molecule is COc1ccc(-c2cc(=O)n(C(C(=O)NC(C)(C)C)c3ccc(C)cc3)c3cc(OC)c(OC)c(OC)c23)cc1. The number of methoxy groups -OCH3 is 4. The van der Waals surface area contributed by atoms with E-state index in [1.54, 1.807) is 13.2 Å². The highest BCUT2D eigenvalue weighted by Crippen LogP contribution is 2.47.